The van der Waals surface area contributed by atoms with Crippen molar-refractivity contribution in [3.8, 4) is 5.75 Å². The van der Waals surface area contributed by atoms with Crippen molar-refractivity contribution in [1.82, 2.24) is 10.6 Å². The van der Waals surface area contributed by atoms with Gasteiger partial charge in [0.05, 0.1) is 0 Å². The van der Waals surface area contributed by atoms with Gasteiger partial charge in [0.25, 0.3) is 0 Å². The normalized spacial score (nSPS) is 9.80. The Hall–Kier alpha value is -1.71. The van der Waals surface area contributed by atoms with Gasteiger partial charge in [-0.1, -0.05) is 18.2 Å². The largest absolute Gasteiger partial charge is 0.473 e. The van der Waals surface area contributed by atoms with Crippen LogP contribution in [-0.4, -0.2) is 18.8 Å². The van der Waals surface area contributed by atoms with Crippen molar-refractivity contribution in [2.75, 3.05) is 6.73 Å². The average molecular weight is 208 g/mol. The molecule has 0 aliphatic rings. The van der Waals surface area contributed by atoms with Crippen molar-refractivity contribution in [2.24, 2.45) is 0 Å². The van der Waals surface area contributed by atoms with Gasteiger partial charge in [0, 0.05) is 6.04 Å². The number of benzene rings is 1. The highest BCUT2D eigenvalue weighted by Crippen LogP contribution is 2.06. The number of rotatable bonds is 4. The van der Waals surface area contributed by atoms with Gasteiger partial charge >= 0.3 is 6.03 Å². The molecule has 2 amide bonds. The Morgan fingerprint density at radius 3 is 2.60 bits per heavy atom. The average Bonchev–Trinajstić information content (AvgIpc) is 2.18. The fourth-order valence-electron chi connectivity index (χ4n) is 1.01. The molecule has 1 aromatic carbocycles. The zero-order valence-corrected chi connectivity index (χ0v) is 8.99. The molecule has 0 aromatic heterocycles. The minimum Gasteiger partial charge on any atom is -0.473 e. The molecule has 0 saturated heterocycles. The Morgan fingerprint density at radius 1 is 1.33 bits per heavy atom. The van der Waals surface area contributed by atoms with Crippen molar-refractivity contribution in [1.29, 1.82) is 0 Å². The third-order valence-corrected chi connectivity index (χ3v) is 1.63. The summed E-state index contributed by atoms with van der Waals surface area (Å²) >= 11 is 0. The summed E-state index contributed by atoms with van der Waals surface area (Å²) in [5.74, 6) is 0.738. The van der Waals surface area contributed by atoms with Gasteiger partial charge in [-0.2, -0.15) is 0 Å². The van der Waals surface area contributed by atoms with E-state index in [1.54, 1.807) is 0 Å². The summed E-state index contributed by atoms with van der Waals surface area (Å²) in [5.41, 5.74) is 0. The van der Waals surface area contributed by atoms with E-state index >= 15 is 0 Å². The molecule has 0 unspecified atom stereocenters. The first-order chi connectivity index (χ1) is 7.18. The first-order valence-electron chi connectivity index (χ1n) is 4.90. The van der Waals surface area contributed by atoms with Crippen LogP contribution in [0.3, 0.4) is 0 Å². The Morgan fingerprint density at radius 2 is 2.00 bits per heavy atom. The predicted molar refractivity (Wildman–Crippen MR) is 58.7 cm³/mol. The molecule has 4 heteroatoms. The van der Waals surface area contributed by atoms with Crippen LogP contribution >= 0.6 is 0 Å². The summed E-state index contributed by atoms with van der Waals surface area (Å²) in [6.07, 6.45) is 0. The van der Waals surface area contributed by atoms with Crippen molar-refractivity contribution >= 4 is 6.03 Å². The van der Waals surface area contributed by atoms with Gasteiger partial charge in [-0.3, -0.25) is 0 Å². The van der Waals surface area contributed by atoms with Crippen LogP contribution in [0.2, 0.25) is 0 Å². The van der Waals surface area contributed by atoms with Crippen LogP contribution in [0.1, 0.15) is 13.8 Å². The molecule has 0 bridgehead atoms. The summed E-state index contributed by atoms with van der Waals surface area (Å²) in [4.78, 5) is 11.1. The molecule has 0 fully saturated rings. The molecule has 1 aromatic rings. The van der Waals surface area contributed by atoms with Crippen LogP contribution in [-0.2, 0) is 0 Å². The molecule has 0 radical (unpaired) electrons. The van der Waals surface area contributed by atoms with Gasteiger partial charge < -0.3 is 15.4 Å². The maximum absolute atomic E-state index is 11.1. The van der Waals surface area contributed by atoms with E-state index < -0.39 is 0 Å². The number of carbonyl (C=O) groups is 1. The highest BCUT2D eigenvalue weighted by molar-refractivity contribution is 5.73. The van der Waals surface area contributed by atoms with Gasteiger partial charge in [0.15, 0.2) is 6.73 Å². The number of hydrogen-bond donors (Lipinski definition) is 2. The Labute approximate surface area is 89.6 Å². The van der Waals surface area contributed by atoms with Crippen molar-refractivity contribution in [3.05, 3.63) is 30.3 Å². The maximum atomic E-state index is 11.1. The van der Waals surface area contributed by atoms with E-state index in [1.807, 2.05) is 44.2 Å². The lowest BCUT2D eigenvalue weighted by molar-refractivity contribution is 0.222. The lowest BCUT2D eigenvalue weighted by Crippen LogP contribution is -2.41. The van der Waals surface area contributed by atoms with E-state index in [1.165, 1.54) is 0 Å². The summed E-state index contributed by atoms with van der Waals surface area (Å²) in [5, 5.41) is 5.29. The maximum Gasteiger partial charge on any atom is 0.317 e. The fourth-order valence-corrected chi connectivity index (χ4v) is 1.01. The molecular weight excluding hydrogens is 192 g/mol. The molecule has 2 N–H and O–H groups in total. The Balaban J connectivity index is 2.19. The van der Waals surface area contributed by atoms with Crippen molar-refractivity contribution in [3.63, 3.8) is 0 Å². The van der Waals surface area contributed by atoms with Gasteiger partial charge in [0.1, 0.15) is 5.75 Å². The van der Waals surface area contributed by atoms with Gasteiger partial charge in [0.2, 0.25) is 0 Å². The summed E-state index contributed by atoms with van der Waals surface area (Å²) in [7, 11) is 0. The van der Waals surface area contributed by atoms with E-state index in [0.717, 1.165) is 5.75 Å². The molecule has 0 saturated carbocycles. The molecule has 82 valence electrons. The number of para-hydroxylation sites is 1. The molecule has 15 heavy (non-hydrogen) atoms. The number of hydrogen-bond acceptors (Lipinski definition) is 2. The van der Waals surface area contributed by atoms with Crippen LogP contribution in [0, 0.1) is 0 Å². The number of nitrogens with one attached hydrogen (secondary N) is 2. The topological polar surface area (TPSA) is 50.4 Å². The second-order valence-corrected chi connectivity index (χ2v) is 3.41. The van der Waals surface area contributed by atoms with Crippen LogP contribution in [0.25, 0.3) is 0 Å². The van der Waals surface area contributed by atoms with E-state index in [9.17, 15) is 4.79 Å². The third kappa shape index (κ3) is 4.90. The summed E-state index contributed by atoms with van der Waals surface area (Å²) in [6, 6.07) is 9.24. The quantitative estimate of drug-likeness (QED) is 0.740. The number of carbonyl (C=O) groups excluding carboxylic acids is 1. The second kappa shape index (κ2) is 5.90. The van der Waals surface area contributed by atoms with Crippen LogP contribution in [0.15, 0.2) is 30.3 Å². The van der Waals surface area contributed by atoms with Crippen LogP contribution in [0.4, 0.5) is 4.79 Å². The highest BCUT2D eigenvalue weighted by atomic mass is 16.5. The zero-order valence-electron chi connectivity index (χ0n) is 8.99. The Bertz CT molecular complexity index is 299. The molecular formula is C11H16N2O2. The first-order valence-corrected chi connectivity index (χ1v) is 4.90. The van der Waals surface area contributed by atoms with E-state index in [4.69, 9.17) is 4.74 Å². The Kier molecular flexibility index (Phi) is 4.47. The molecule has 0 spiro atoms. The molecule has 0 atom stereocenters. The molecule has 1 rings (SSSR count). The smallest absolute Gasteiger partial charge is 0.317 e. The molecule has 0 aliphatic heterocycles. The van der Waals surface area contributed by atoms with E-state index in [0.29, 0.717) is 0 Å². The first kappa shape index (κ1) is 11.4. The number of urea groups is 1. The molecule has 0 aliphatic carbocycles. The highest BCUT2D eigenvalue weighted by Gasteiger charge is 2.00. The second-order valence-electron chi connectivity index (χ2n) is 3.41. The van der Waals surface area contributed by atoms with Crippen LogP contribution in [0.5, 0.6) is 5.75 Å². The predicted octanol–water partition coefficient (Wildman–Crippen LogP) is 1.73. The molecule has 4 nitrogen and oxygen atoms in total. The zero-order chi connectivity index (χ0) is 11.1. The molecule has 0 heterocycles. The standard InChI is InChI=1S/C11H16N2O2/c1-9(2)13-11(14)12-8-15-10-6-4-3-5-7-10/h3-7,9H,8H2,1-2H3,(H2,12,13,14). The lowest BCUT2D eigenvalue weighted by Gasteiger charge is -2.10. The third-order valence-electron chi connectivity index (χ3n) is 1.63. The van der Waals surface area contributed by atoms with E-state index in [2.05, 4.69) is 10.6 Å². The van der Waals surface area contributed by atoms with Crippen molar-refractivity contribution in [2.45, 2.75) is 19.9 Å². The van der Waals surface area contributed by atoms with Crippen molar-refractivity contribution < 1.29 is 9.53 Å². The number of amides is 2. The SMILES string of the molecule is CC(C)NC(=O)NCOc1ccccc1. The monoisotopic (exact) mass is 208 g/mol. The summed E-state index contributed by atoms with van der Waals surface area (Å²) < 4.78 is 5.29. The minimum absolute atomic E-state index is 0.127. The van der Waals surface area contributed by atoms with Gasteiger partial charge in [-0.15, -0.1) is 0 Å². The van der Waals surface area contributed by atoms with Gasteiger partial charge in [-0.25, -0.2) is 4.79 Å². The number of ether oxygens (including phenoxy) is 1. The van der Waals surface area contributed by atoms with Crippen LogP contribution < -0.4 is 15.4 Å². The van der Waals surface area contributed by atoms with E-state index in [-0.39, 0.29) is 18.8 Å². The minimum atomic E-state index is -0.221. The fraction of sp³-hybridized carbons (Fsp3) is 0.364. The van der Waals surface area contributed by atoms with Gasteiger partial charge in [-0.05, 0) is 26.0 Å². The lowest BCUT2D eigenvalue weighted by atomic mass is 10.3. The summed E-state index contributed by atoms with van der Waals surface area (Å²) in [6.45, 7) is 3.97.